The standard InChI is InChI=1S/C16H26O3/c1-5-18-15(19-6-2)11-12-16(4,17)14-9-7-13(3)8-10-14/h7-10,15,17H,5-6,11-12H2,1-4H3. The average Bonchev–Trinajstić information content (AvgIpc) is 2.37. The third-order valence-corrected chi connectivity index (χ3v) is 3.25. The Hall–Kier alpha value is -0.900. The number of rotatable bonds is 8. The zero-order valence-electron chi connectivity index (χ0n) is 12.5. The van der Waals surface area contributed by atoms with Crippen molar-refractivity contribution in [3.05, 3.63) is 35.4 Å². The van der Waals surface area contributed by atoms with E-state index in [4.69, 9.17) is 9.47 Å². The topological polar surface area (TPSA) is 38.7 Å². The van der Waals surface area contributed by atoms with E-state index in [1.54, 1.807) is 0 Å². The number of hydrogen-bond acceptors (Lipinski definition) is 3. The van der Waals surface area contributed by atoms with Crippen LogP contribution in [0.25, 0.3) is 0 Å². The number of aryl methyl sites for hydroxylation is 1. The highest BCUT2D eigenvalue weighted by atomic mass is 16.7. The Kier molecular flexibility index (Phi) is 6.49. The number of ether oxygens (including phenoxy) is 2. The minimum absolute atomic E-state index is 0.230. The third kappa shape index (κ3) is 5.31. The van der Waals surface area contributed by atoms with Crippen LogP contribution in [0.3, 0.4) is 0 Å². The first-order valence-corrected chi connectivity index (χ1v) is 7.02. The fraction of sp³-hybridized carbons (Fsp3) is 0.625. The molecule has 0 radical (unpaired) electrons. The van der Waals surface area contributed by atoms with E-state index in [0.717, 1.165) is 5.56 Å². The van der Waals surface area contributed by atoms with Crippen LogP contribution in [0.4, 0.5) is 0 Å². The molecule has 19 heavy (non-hydrogen) atoms. The van der Waals surface area contributed by atoms with Gasteiger partial charge in [-0.05, 0) is 39.7 Å². The van der Waals surface area contributed by atoms with Crippen molar-refractivity contribution in [2.45, 2.75) is 52.4 Å². The second-order valence-corrected chi connectivity index (χ2v) is 5.02. The maximum Gasteiger partial charge on any atom is 0.157 e. The molecular weight excluding hydrogens is 240 g/mol. The van der Waals surface area contributed by atoms with Crippen molar-refractivity contribution in [3.8, 4) is 0 Å². The Morgan fingerprint density at radius 3 is 2.11 bits per heavy atom. The average molecular weight is 266 g/mol. The highest BCUT2D eigenvalue weighted by Gasteiger charge is 2.24. The molecule has 108 valence electrons. The van der Waals surface area contributed by atoms with Gasteiger partial charge in [0.25, 0.3) is 0 Å². The molecule has 0 saturated heterocycles. The second kappa shape index (κ2) is 7.63. The van der Waals surface area contributed by atoms with Crippen LogP contribution < -0.4 is 0 Å². The van der Waals surface area contributed by atoms with Gasteiger partial charge in [0.15, 0.2) is 6.29 Å². The lowest BCUT2D eigenvalue weighted by Crippen LogP contribution is -2.26. The van der Waals surface area contributed by atoms with Crippen LogP contribution in [0, 0.1) is 6.92 Å². The molecule has 0 spiro atoms. The molecule has 0 bridgehead atoms. The van der Waals surface area contributed by atoms with Crippen molar-refractivity contribution in [2.75, 3.05) is 13.2 Å². The highest BCUT2D eigenvalue weighted by molar-refractivity contribution is 5.25. The smallest absolute Gasteiger partial charge is 0.157 e. The lowest BCUT2D eigenvalue weighted by Gasteiger charge is -2.26. The second-order valence-electron chi connectivity index (χ2n) is 5.02. The zero-order chi connectivity index (χ0) is 14.3. The van der Waals surface area contributed by atoms with E-state index in [2.05, 4.69) is 0 Å². The van der Waals surface area contributed by atoms with Gasteiger partial charge in [0.05, 0.1) is 5.60 Å². The Balaban J connectivity index is 2.60. The minimum Gasteiger partial charge on any atom is -0.385 e. The van der Waals surface area contributed by atoms with Crippen molar-refractivity contribution in [1.82, 2.24) is 0 Å². The van der Waals surface area contributed by atoms with Crippen molar-refractivity contribution in [2.24, 2.45) is 0 Å². The summed E-state index contributed by atoms with van der Waals surface area (Å²) >= 11 is 0. The number of hydrogen-bond donors (Lipinski definition) is 1. The van der Waals surface area contributed by atoms with Crippen LogP contribution >= 0.6 is 0 Å². The number of benzene rings is 1. The van der Waals surface area contributed by atoms with E-state index in [1.807, 2.05) is 52.0 Å². The molecule has 1 aromatic rings. The summed E-state index contributed by atoms with van der Waals surface area (Å²) in [7, 11) is 0. The molecule has 3 heteroatoms. The van der Waals surface area contributed by atoms with Crippen LogP contribution in [0.2, 0.25) is 0 Å². The molecule has 1 N–H and O–H groups in total. The Bertz CT molecular complexity index is 351. The molecule has 0 aromatic heterocycles. The number of aliphatic hydroxyl groups is 1. The van der Waals surface area contributed by atoms with E-state index in [0.29, 0.717) is 26.1 Å². The predicted molar refractivity (Wildman–Crippen MR) is 77.0 cm³/mol. The van der Waals surface area contributed by atoms with E-state index < -0.39 is 5.60 Å². The predicted octanol–water partition coefficient (Wildman–Crippen LogP) is 3.38. The van der Waals surface area contributed by atoms with Crippen LogP contribution in [0.5, 0.6) is 0 Å². The normalized spacial score (nSPS) is 14.6. The van der Waals surface area contributed by atoms with Crippen LogP contribution in [-0.4, -0.2) is 24.6 Å². The Morgan fingerprint density at radius 1 is 1.11 bits per heavy atom. The third-order valence-electron chi connectivity index (χ3n) is 3.25. The SMILES string of the molecule is CCOC(CCC(C)(O)c1ccc(C)cc1)OCC. The molecular formula is C16H26O3. The first kappa shape index (κ1) is 16.2. The first-order chi connectivity index (χ1) is 8.99. The van der Waals surface area contributed by atoms with Gasteiger partial charge in [-0.15, -0.1) is 0 Å². The summed E-state index contributed by atoms with van der Waals surface area (Å²) in [5.41, 5.74) is 1.28. The molecule has 0 heterocycles. The van der Waals surface area contributed by atoms with Gasteiger partial charge in [-0.2, -0.15) is 0 Å². The summed E-state index contributed by atoms with van der Waals surface area (Å²) < 4.78 is 11.0. The van der Waals surface area contributed by atoms with Gasteiger partial charge in [-0.25, -0.2) is 0 Å². The summed E-state index contributed by atoms with van der Waals surface area (Å²) in [4.78, 5) is 0. The van der Waals surface area contributed by atoms with E-state index in [-0.39, 0.29) is 6.29 Å². The van der Waals surface area contributed by atoms with Crippen molar-refractivity contribution in [3.63, 3.8) is 0 Å². The molecule has 0 fully saturated rings. The molecule has 3 nitrogen and oxygen atoms in total. The summed E-state index contributed by atoms with van der Waals surface area (Å²) in [6.45, 7) is 9.02. The van der Waals surface area contributed by atoms with Gasteiger partial charge in [0.1, 0.15) is 0 Å². The molecule has 0 aliphatic rings. The maximum absolute atomic E-state index is 10.6. The van der Waals surface area contributed by atoms with Gasteiger partial charge in [0, 0.05) is 19.6 Å². The van der Waals surface area contributed by atoms with Gasteiger partial charge >= 0.3 is 0 Å². The lowest BCUT2D eigenvalue weighted by atomic mass is 9.90. The highest BCUT2D eigenvalue weighted by Crippen LogP contribution is 2.27. The molecule has 0 aliphatic heterocycles. The zero-order valence-corrected chi connectivity index (χ0v) is 12.5. The van der Waals surface area contributed by atoms with Crippen LogP contribution in [-0.2, 0) is 15.1 Å². The molecule has 0 aliphatic carbocycles. The Labute approximate surface area is 116 Å². The fourth-order valence-corrected chi connectivity index (χ4v) is 2.04. The largest absolute Gasteiger partial charge is 0.385 e. The summed E-state index contributed by atoms with van der Waals surface area (Å²) in [5.74, 6) is 0. The van der Waals surface area contributed by atoms with E-state index in [9.17, 15) is 5.11 Å². The molecule has 1 unspecified atom stereocenters. The molecule has 1 rings (SSSR count). The van der Waals surface area contributed by atoms with Crippen molar-refractivity contribution >= 4 is 0 Å². The van der Waals surface area contributed by atoms with Gasteiger partial charge in [0.2, 0.25) is 0 Å². The maximum atomic E-state index is 10.6. The Morgan fingerprint density at radius 2 is 1.63 bits per heavy atom. The summed E-state index contributed by atoms with van der Waals surface area (Å²) in [5, 5.41) is 10.6. The summed E-state index contributed by atoms with van der Waals surface area (Å²) in [6, 6.07) is 8.00. The van der Waals surface area contributed by atoms with Gasteiger partial charge in [-0.1, -0.05) is 29.8 Å². The van der Waals surface area contributed by atoms with Crippen molar-refractivity contribution < 1.29 is 14.6 Å². The molecule has 1 aromatic carbocycles. The van der Waals surface area contributed by atoms with Crippen LogP contribution in [0.15, 0.2) is 24.3 Å². The van der Waals surface area contributed by atoms with Gasteiger partial charge in [-0.3, -0.25) is 0 Å². The summed E-state index contributed by atoms with van der Waals surface area (Å²) in [6.07, 6.45) is 1.07. The minimum atomic E-state index is -0.847. The van der Waals surface area contributed by atoms with Crippen molar-refractivity contribution in [1.29, 1.82) is 0 Å². The lowest BCUT2D eigenvalue weighted by molar-refractivity contribution is -0.147. The van der Waals surface area contributed by atoms with Crippen LogP contribution in [0.1, 0.15) is 44.7 Å². The molecule has 0 amide bonds. The fourth-order valence-electron chi connectivity index (χ4n) is 2.04. The van der Waals surface area contributed by atoms with E-state index in [1.165, 1.54) is 5.56 Å². The monoisotopic (exact) mass is 266 g/mol. The molecule has 1 atom stereocenters. The molecule has 0 saturated carbocycles. The first-order valence-electron chi connectivity index (χ1n) is 7.02. The van der Waals surface area contributed by atoms with Gasteiger partial charge < -0.3 is 14.6 Å². The quantitative estimate of drug-likeness (QED) is 0.733. The van der Waals surface area contributed by atoms with E-state index >= 15 is 0 Å².